The average Bonchev–Trinajstić information content (AvgIpc) is 2.49. The number of carbonyl (C=O) groups is 1. The van der Waals surface area contributed by atoms with Gasteiger partial charge in [-0.25, -0.2) is 0 Å². The molecule has 4 heteroatoms. The van der Waals surface area contributed by atoms with Crippen molar-refractivity contribution in [3.05, 3.63) is 30.3 Å². The molecule has 0 spiro atoms. The van der Waals surface area contributed by atoms with E-state index in [1.807, 2.05) is 24.8 Å². The molecular formula is C16H23NO2S. The Bertz CT molecular complexity index is 410. The lowest BCUT2D eigenvalue weighted by molar-refractivity contribution is -0.150. The van der Waals surface area contributed by atoms with E-state index >= 15 is 0 Å². The maximum absolute atomic E-state index is 12.0. The van der Waals surface area contributed by atoms with Crippen molar-refractivity contribution in [2.45, 2.75) is 37.1 Å². The number of hydrogen-bond donors (Lipinski definition) is 0. The third-order valence-electron chi connectivity index (χ3n) is 3.56. The first kappa shape index (κ1) is 15.4. The molecule has 0 saturated carbocycles. The van der Waals surface area contributed by atoms with Crippen LogP contribution in [0.3, 0.4) is 0 Å². The van der Waals surface area contributed by atoms with Gasteiger partial charge in [0.2, 0.25) is 0 Å². The van der Waals surface area contributed by atoms with Crippen molar-refractivity contribution in [3.8, 4) is 0 Å². The number of piperidine rings is 1. The average molecular weight is 293 g/mol. The highest BCUT2D eigenvalue weighted by Crippen LogP contribution is 2.21. The fourth-order valence-electron chi connectivity index (χ4n) is 2.56. The van der Waals surface area contributed by atoms with Gasteiger partial charge in [-0.1, -0.05) is 24.6 Å². The van der Waals surface area contributed by atoms with E-state index in [9.17, 15) is 4.79 Å². The lowest BCUT2D eigenvalue weighted by Crippen LogP contribution is -2.46. The third kappa shape index (κ3) is 4.53. The molecule has 0 radical (unpaired) electrons. The molecule has 110 valence electrons. The maximum Gasteiger partial charge on any atom is 0.323 e. The Balaban J connectivity index is 1.81. The molecule has 0 N–H and O–H groups in total. The van der Waals surface area contributed by atoms with Gasteiger partial charge in [0.1, 0.15) is 6.04 Å². The minimum absolute atomic E-state index is 0.0277. The van der Waals surface area contributed by atoms with Crippen LogP contribution in [0.1, 0.15) is 26.2 Å². The van der Waals surface area contributed by atoms with Crippen LogP contribution >= 0.6 is 11.8 Å². The zero-order chi connectivity index (χ0) is 14.2. The summed E-state index contributed by atoms with van der Waals surface area (Å²) in [5, 5.41) is 0. The van der Waals surface area contributed by atoms with Gasteiger partial charge in [0.15, 0.2) is 0 Å². The quantitative estimate of drug-likeness (QED) is 0.595. The summed E-state index contributed by atoms with van der Waals surface area (Å²) in [7, 11) is 0. The smallest absolute Gasteiger partial charge is 0.323 e. The fraction of sp³-hybridized carbons (Fsp3) is 0.562. The molecule has 0 bridgehead atoms. The molecule has 20 heavy (non-hydrogen) atoms. The summed E-state index contributed by atoms with van der Waals surface area (Å²) in [6.07, 6.45) is 3.26. The summed E-state index contributed by atoms with van der Waals surface area (Å²) in [4.78, 5) is 15.5. The van der Waals surface area contributed by atoms with Crippen molar-refractivity contribution in [1.29, 1.82) is 0 Å². The number of benzene rings is 1. The molecule has 2 rings (SSSR count). The summed E-state index contributed by atoms with van der Waals surface area (Å²) < 4.78 is 5.19. The minimum atomic E-state index is -0.0445. The Hall–Kier alpha value is -1.00. The molecule has 1 unspecified atom stereocenters. The third-order valence-corrected chi connectivity index (χ3v) is 4.55. The Labute approximate surface area is 125 Å². The zero-order valence-electron chi connectivity index (χ0n) is 12.1. The van der Waals surface area contributed by atoms with Gasteiger partial charge in [-0.05, 0) is 38.4 Å². The van der Waals surface area contributed by atoms with E-state index in [4.69, 9.17) is 4.74 Å². The van der Waals surface area contributed by atoms with Gasteiger partial charge in [0, 0.05) is 17.2 Å². The van der Waals surface area contributed by atoms with Crippen LogP contribution in [-0.2, 0) is 9.53 Å². The van der Waals surface area contributed by atoms with Crippen molar-refractivity contribution in [2.24, 2.45) is 0 Å². The molecular weight excluding hydrogens is 270 g/mol. The van der Waals surface area contributed by atoms with Crippen molar-refractivity contribution >= 4 is 17.7 Å². The molecule has 0 aliphatic carbocycles. The number of carbonyl (C=O) groups excluding carboxylic acids is 1. The SMILES string of the molecule is CCOC(=O)C1CCCCN1CCSc1ccccc1. The molecule has 3 nitrogen and oxygen atoms in total. The second-order valence-electron chi connectivity index (χ2n) is 4.96. The molecule has 0 amide bonds. The van der Waals surface area contributed by atoms with E-state index < -0.39 is 0 Å². The number of rotatable bonds is 6. The number of ether oxygens (including phenoxy) is 1. The highest BCUT2D eigenvalue weighted by atomic mass is 32.2. The Morgan fingerprint density at radius 2 is 2.15 bits per heavy atom. The predicted molar refractivity (Wildman–Crippen MR) is 83.0 cm³/mol. The molecule has 1 aromatic carbocycles. The topological polar surface area (TPSA) is 29.5 Å². The minimum Gasteiger partial charge on any atom is -0.465 e. The summed E-state index contributed by atoms with van der Waals surface area (Å²) >= 11 is 1.85. The van der Waals surface area contributed by atoms with Crippen LogP contribution in [0.15, 0.2) is 35.2 Å². The van der Waals surface area contributed by atoms with E-state index in [-0.39, 0.29) is 12.0 Å². The number of esters is 1. The van der Waals surface area contributed by atoms with E-state index in [0.717, 1.165) is 31.7 Å². The maximum atomic E-state index is 12.0. The van der Waals surface area contributed by atoms with Gasteiger partial charge in [0.05, 0.1) is 6.61 Å². The van der Waals surface area contributed by atoms with Crippen molar-refractivity contribution in [3.63, 3.8) is 0 Å². The van der Waals surface area contributed by atoms with Gasteiger partial charge < -0.3 is 4.74 Å². The normalized spacial score (nSPS) is 19.8. The lowest BCUT2D eigenvalue weighted by atomic mass is 10.0. The summed E-state index contributed by atoms with van der Waals surface area (Å²) in [5.41, 5.74) is 0. The van der Waals surface area contributed by atoms with Crippen LogP contribution in [0.25, 0.3) is 0 Å². The zero-order valence-corrected chi connectivity index (χ0v) is 12.9. The molecule has 1 heterocycles. The van der Waals surface area contributed by atoms with Gasteiger partial charge >= 0.3 is 5.97 Å². The second-order valence-corrected chi connectivity index (χ2v) is 6.13. The van der Waals surface area contributed by atoms with Crippen molar-refractivity contribution in [1.82, 2.24) is 4.90 Å². The Morgan fingerprint density at radius 1 is 1.35 bits per heavy atom. The van der Waals surface area contributed by atoms with E-state index in [1.165, 1.54) is 11.3 Å². The number of nitrogens with zero attached hydrogens (tertiary/aromatic N) is 1. The molecule has 0 aromatic heterocycles. The number of likely N-dealkylation sites (tertiary alicyclic amines) is 1. The van der Waals surface area contributed by atoms with Crippen molar-refractivity contribution < 1.29 is 9.53 Å². The first-order valence-corrected chi connectivity index (χ1v) is 8.38. The Kier molecular flexibility index (Phi) is 6.40. The van der Waals surface area contributed by atoms with Gasteiger partial charge in [0.25, 0.3) is 0 Å². The standard InChI is InChI=1S/C16H23NO2S/c1-2-19-16(18)15-10-6-7-11-17(15)12-13-20-14-8-4-3-5-9-14/h3-5,8-9,15H,2,6-7,10-13H2,1H3. The highest BCUT2D eigenvalue weighted by Gasteiger charge is 2.29. The highest BCUT2D eigenvalue weighted by molar-refractivity contribution is 7.99. The summed E-state index contributed by atoms with van der Waals surface area (Å²) in [5.74, 6) is 0.969. The van der Waals surface area contributed by atoms with Gasteiger partial charge in [-0.15, -0.1) is 11.8 Å². The molecule has 1 fully saturated rings. The summed E-state index contributed by atoms with van der Waals surface area (Å²) in [6, 6.07) is 10.4. The largest absolute Gasteiger partial charge is 0.465 e. The second kappa shape index (κ2) is 8.32. The molecule has 1 aliphatic rings. The van der Waals surface area contributed by atoms with Crippen LogP contribution in [0.2, 0.25) is 0 Å². The molecule has 1 aromatic rings. The van der Waals surface area contributed by atoms with E-state index in [0.29, 0.717) is 6.61 Å². The molecule has 1 atom stereocenters. The van der Waals surface area contributed by atoms with Crippen molar-refractivity contribution in [2.75, 3.05) is 25.4 Å². The van der Waals surface area contributed by atoms with Gasteiger partial charge in [-0.3, -0.25) is 9.69 Å². The van der Waals surface area contributed by atoms with Crippen LogP contribution in [0.4, 0.5) is 0 Å². The Morgan fingerprint density at radius 3 is 2.90 bits per heavy atom. The lowest BCUT2D eigenvalue weighted by Gasteiger charge is -2.33. The van der Waals surface area contributed by atoms with Crippen LogP contribution < -0.4 is 0 Å². The van der Waals surface area contributed by atoms with Gasteiger partial charge in [-0.2, -0.15) is 0 Å². The first-order chi connectivity index (χ1) is 9.81. The van der Waals surface area contributed by atoms with E-state index in [1.54, 1.807) is 0 Å². The first-order valence-electron chi connectivity index (χ1n) is 7.40. The predicted octanol–water partition coefficient (Wildman–Crippen LogP) is 3.20. The molecule has 1 saturated heterocycles. The number of thioether (sulfide) groups is 1. The number of hydrogen-bond acceptors (Lipinski definition) is 4. The van der Waals surface area contributed by atoms with Crippen LogP contribution in [0, 0.1) is 0 Å². The fourth-order valence-corrected chi connectivity index (χ4v) is 3.47. The molecule has 1 aliphatic heterocycles. The van der Waals surface area contributed by atoms with Crippen LogP contribution in [0.5, 0.6) is 0 Å². The van der Waals surface area contributed by atoms with E-state index in [2.05, 4.69) is 29.2 Å². The monoisotopic (exact) mass is 293 g/mol. The van der Waals surface area contributed by atoms with Crippen LogP contribution in [-0.4, -0.2) is 42.4 Å². The summed E-state index contributed by atoms with van der Waals surface area (Å²) in [6.45, 7) is 4.31.